The summed E-state index contributed by atoms with van der Waals surface area (Å²) in [7, 11) is 1.31. The zero-order valence-corrected chi connectivity index (χ0v) is 22.4. The Morgan fingerprint density at radius 3 is 2.26 bits per heavy atom. The number of hydrogen-bond donors (Lipinski definition) is 2. The number of nitrogens with zero attached hydrogens (tertiary/aromatic N) is 2. The standard InChI is InChI=1S/C30H29ClN4O4/c1-20(29(37)38-2)18-33-30(32)34-28(36)19-35-26(16-17-27(35)24-10-6-7-11-25(24)31)21-12-14-23(15-13-21)39-22-8-4-3-5-9-22/h3-17,20H,18-19H2,1-2H3,(H3,32,33,34,36)/t20-/m1/s1. The Morgan fingerprint density at radius 1 is 0.923 bits per heavy atom. The molecule has 200 valence electrons. The SMILES string of the molecule is COC(=O)[C@H](C)CN=C(N)NC(=O)Cn1c(-c2ccc(Oc3ccccc3)cc2)ccc1-c1ccccc1Cl. The fourth-order valence-electron chi connectivity index (χ4n) is 3.99. The molecule has 0 spiro atoms. The van der Waals surface area contributed by atoms with Gasteiger partial charge in [0.05, 0.1) is 25.3 Å². The van der Waals surface area contributed by atoms with E-state index in [1.165, 1.54) is 7.11 Å². The Bertz CT molecular complexity index is 1470. The topological polar surface area (TPSA) is 108 Å². The van der Waals surface area contributed by atoms with Gasteiger partial charge >= 0.3 is 5.97 Å². The largest absolute Gasteiger partial charge is 0.469 e. The van der Waals surface area contributed by atoms with Crippen LogP contribution in [0.5, 0.6) is 11.5 Å². The first-order valence-electron chi connectivity index (χ1n) is 12.3. The predicted molar refractivity (Wildman–Crippen MR) is 153 cm³/mol. The number of benzene rings is 3. The van der Waals surface area contributed by atoms with E-state index in [4.69, 9.17) is 26.8 Å². The number of halogens is 1. The molecule has 3 N–H and O–H groups in total. The van der Waals surface area contributed by atoms with E-state index in [9.17, 15) is 9.59 Å². The van der Waals surface area contributed by atoms with Crippen molar-refractivity contribution in [2.45, 2.75) is 13.5 Å². The number of nitrogens with two attached hydrogens (primary N) is 1. The minimum Gasteiger partial charge on any atom is -0.469 e. The first-order chi connectivity index (χ1) is 18.9. The Hall–Kier alpha value is -4.56. The van der Waals surface area contributed by atoms with E-state index >= 15 is 0 Å². The zero-order chi connectivity index (χ0) is 27.8. The fraction of sp³-hybridized carbons (Fsp3) is 0.167. The van der Waals surface area contributed by atoms with Gasteiger partial charge in [-0.1, -0.05) is 54.9 Å². The smallest absolute Gasteiger partial charge is 0.310 e. The predicted octanol–water partition coefficient (Wildman–Crippen LogP) is 5.51. The van der Waals surface area contributed by atoms with Crippen LogP contribution >= 0.6 is 11.6 Å². The monoisotopic (exact) mass is 544 g/mol. The number of nitrogens with one attached hydrogen (secondary N) is 1. The van der Waals surface area contributed by atoms with E-state index in [1.807, 2.05) is 89.5 Å². The van der Waals surface area contributed by atoms with Gasteiger partial charge in [0.15, 0.2) is 5.96 Å². The molecule has 0 saturated heterocycles. The van der Waals surface area contributed by atoms with Crippen LogP contribution in [0.1, 0.15) is 6.92 Å². The number of ether oxygens (including phenoxy) is 2. The number of rotatable bonds is 9. The molecule has 4 aromatic rings. The van der Waals surface area contributed by atoms with E-state index in [-0.39, 0.29) is 25.0 Å². The van der Waals surface area contributed by atoms with E-state index in [2.05, 4.69) is 10.3 Å². The highest BCUT2D eigenvalue weighted by Crippen LogP contribution is 2.34. The van der Waals surface area contributed by atoms with Gasteiger partial charge in [-0.05, 0) is 60.2 Å². The van der Waals surface area contributed by atoms with Crippen LogP contribution in [0.15, 0.2) is 96.0 Å². The number of aromatic nitrogens is 1. The van der Waals surface area contributed by atoms with Crippen molar-refractivity contribution < 1.29 is 19.1 Å². The number of hydrogen-bond acceptors (Lipinski definition) is 5. The molecule has 0 aliphatic carbocycles. The molecular weight excluding hydrogens is 516 g/mol. The third-order valence-corrected chi connectivity index (χ3v) is 6.30. The van der Waals surface area contributed by atoms with Gasteiger partial charge in [-0.15, -0.1) is 0 Å². The number of guanidine groups is 1. The van der Waals surface area contributed by atoms with Gasteiger partial charge in [0.25, 0.3) is 0 Å². The van der Waals surface area contributed by atoms with Gasteiger partial charge in [-0.3, -0.25) is 19.9 Å². The number of carbonyl (C=O) groups excluding carboxylic acids is 2. The maximum Gasteiger partial charge on any atom is 0.310 e. The lowest BCUT2D eigenvalue weighted by Crippen LogP contribution is -2.39. The molecule has 1 heterocycles. The number of aliphatic imine (C=N–C) groups is 1. The Kier molecular flexibility index (Phi) is 9.01. The van der Waals surface area contributed by atoms with Gasteiger partial charge in [0, 0.05) is 16.3 Å². The van der Waals surface area contributed by atoms with Crippen LogP contribution in [0.3, 0.4) is 0 Å². The number of para-hydroxylation sites is 1. The molecule has 8 nitrogen and oxygen atoms in total. The second-order valence-corrected chi connectivity index (χ2v) is 9.21. The van der Waals surface area contributed by atoms with Crippen LogP contribution in [-0.4, -0.2) is 36.1 Å². The Labute approximate surface area is 232 Å². The van der Waals surface area contributed by atoms with Crippen molar-refractivity contribution in [2.75, 3.05) is 13.7 Å². The molecule has 0 aliphatic heterocycles. The van der Waals surface area contributed by atoms with Crippen molar-refractivity contribution in [3.05, 3.63) is 96.0 Å². The normalized spacial score (nSPS) is 12.0. The Morgan fingerprint density at radius 2 is 1.56 bits per heavy atom. The molecule has 0 unspecified atom stereocenters. The van der Waals surface area contributed by atoms with Crippen molar-refractivity contribution in [3.8, 4) is 34.0 Å². The van der Waals surface area contributed by atoms with Crippen molar-refractivity contribution in [2.24, 2.45) is 16.6 Å². The molecule has 1 atom stereocenters. The average molecular weight is 545 g/mol. The molecule has 9 heteroatoms. The summed E-state index contributed by atoms with van der Waals surface area (Å²) < 4.78 is 12.5. The van der Waals surface area contributed by atoms with Gasteiger partial charge < -0.3 is 19.8 Å². The summed E-state index contributed by atoms with van der Waals surface area (Å²) in [6, 6.07) is 28.5. The van der Waals surface area contributed by atoms with Crippen LogP contribution in [0.2, 0.25) is 5.02 Å². The quantitative estimate of drug-likeness (QED) is 0.164. The lowest BCUT2D eigenvalue weighted by molar-refractivity contribution is -0.144. The molecule has 0 saturated carbocycles. The zero-order valence-electron chi connectivity index (χ0n) is 21.6. The van der Waals surface area contributed by atoms with Crippen LogP contribution in [0, 0.1) is 5.92 Å². The second-order valence-electron chi connectivity index (χ2n) is 8.81. The van der Waals surface area contributed by atoms with Crippen molar-refractivity contribution in [1.82, 2.24) is 9.88 Å². The maximum atomic E-state index is 13.0. The maximum absolute atomic E-state index is 13.0. The molecule has 4 rings (SSSR count). The van der Waals surface area contributed by atoms with Crippen molar-refractivity contribution in [1.29, 1.82) is 0 Å². The molecular formula is C30H29ClN4O4. The summed E-state index contributed by atoms with van der Waals surface area (Å²) in [5.74, 6) is 0.0911. The number of methoxy groups -OCH3 is 1. The van der Waals surface area contributed by atoms with E-state index < -0.39 is 11.9 Å². The molecule has 0 aliphatic rings. The van der Waals surface area contributed by atoms with Crippen LogP contribution in [-0.2, 0) is 20.9 Å². The van der Waals surface area contributed by atoms with Crippen LogP contribution in [0.25, 0.3) is 22.5 Å². The van der Waals surface area contributed by atoms with Crippen LogP contribution in [0.4, 0.5) is 0 Å². The highest BCUT2D eigenvalue weighted by atomic mass is 35.5. The molecule has 1 amide bonds. The summed E-state index contributed by atoms with van der Waals surface area (Å²) in [4.78, 5) is 28.7. The van der Waals surface area contributed by atoms with Crippen molar-refractivity contribution in [3.63, 3.8) is 0 Å². The van der Waals surface area contributed by atoms with Crippen molar-refractivity contribution >= 4 is 29.4 Å². The summed E-state index contributed by atoms with van der Waals surface area (Å²) in [6.45, 7) is 1.71. The first kappa shape index (κ1) is 27.5. The Balaban J connectivity index is 1.59. The van der Waals surface area contributed by atoms with Gasteiger partial charge in [-0.2, -0.15) is 0 Å². The lowest BCUT2D eigenvalue weighted by atomic mass is 10.1. The fourth-order valence-corrected chi connectivity index (χ4v) is 4.22. The summed E-state index contributed by atoms with van der Waals surface area (Å²) >= 11 is 6.51. The third-order valence-electron chi connectivity index (χ3n) is 5.97. The minimum atomic E-state index is -0.484. The summed E-state index contributed by atoms with van der Waals surface area (Å²) in [5, 5.41) is 3.17. The van der Waals surface area contributed by atoms with E-state index in [0.717, 1.165) is 28.3 Å². The van der Waals surface area contributed by atoms with Gasteiger partial charge in [0.2, 0.25) is 5.91 Å². The molecule has 0 bridgehead atoms. The van der Waals surface area contributed by atoms with Gasteiger partial charge in [0.1, 0.15) is 18.0 Å². The molecule has 39 heavy (non-hydrogen) atoms. The highest BCUT2D eigenvalue weighted by Gasteiger charge is 2.18. The molecule has 1 aromatic heterocycles. The molecule has 3 aromatic carbocycles. The second kappa shape index (κ2) is 12.8. The van der Waals surface area contributed by atoms with E-state index in [1.54, 1.807) is 13.0 Å². The number of esters is 1. The average Bonchev–Trinajstić information content (AvgIpc) is 3.35. The number of carbonyl (C=O) groups is 2. The molecule has 0 radical (unpaired) electrons. The lowest BCUT2D eigenvalue weighted by Gasteiger charge is -2.15. The highest BCUT2D eigenvalue weighted by molar-refractivity contribution is 6.33. The van der Waals surface area contributed by atoms with Crippen LogP contribution < -0.4 is 15.8 Å². The van der Waals surface area contributed by atoms with Gasteiger partial charge in [-0.25, -0.2) is 0 Å². The van der Waals surface area contributed by atoms with E-state index in [0.29, 0.717) is 10.8 Å². The molecule has 0 fully saturated rings. The number of amides is 1. The first-order valence-corrected chi connectivity index (χ1v) is 12.7. The summed E-state index contributed by atoms with van der Waals surface area (Å²) in [5.41, 5.74) is 9.16. The summed E-state index contributed by atoms with van der Waals surface area (Å²) in [6.07, 6.45) is 0. The third kappa shape index (κ3) is 7.06. The minimum absolute atomic E-state index is 0.0477.